The zero-order valence-corrected chi connectivity index (χ0v) is 8.88. The van der Waals surface area contributed by atoms with E-state index in [4.69, 9.17) is 5.11 Å². The van der Waals surface area contributed by atoms with Crippen molar-refractivity contribution in [1.82, 2.24) is 14.7 Å². The Morgan fingerprint density at radius 2 is 2.38 bits per heavy atom. The molecule has 0 bridgehead atoms. The summed E-state index contributed by atoms with van der Waals surface area (Å²) in [6.45, 7) is 1.10. The van der Waals surface area contributed by atoms with Gasteiger partial charge in [-0.05, 0) is 22.6 Å². The molecule has 0 aliphatic carbocycles. The predicted octanol–water partition coefficient (Wildman–Crippen LogP) is 1.02. The molecule has 0 aromatic carbocycles. The van der Waals surface area contributed by atoms with Gasteiger partial charge in [0.15, 0.2) is 0 Å². The number of nitrogens with zero attached hydrogens (tertiary/aromatic N) is 3. The number of carbonyl (C=O) groups is 1. The molecule has 2 rings (SSSR count). The fourth-order valence-electron chi connectivity index (χ4n) is 1.29. The Bertz CT molecular complexity index is 332. The summed E-state index contributed by atoms with van der Waals surface area (Å²) < 4.78 is 2.90. The van der Waals surface area contributed by atoms with E-state index in [1.54, 1.807) is 6.20 Å². The Kier molecular flexibility index (Phi) is 2.14. The SMILES string of the molecule is O=C(O)N1CC(n2cc(I)cn2)C1. The molecular formula is C7H8IN3O2. The van der Waals surface area contributed by atoms with Crippen LogP contribution in [0.15, 0.2) is 12.4 Å². The van der Waals surface area contributed by atoms with Crippen LogP contribution in [0.5, 0.6) is 0 Å². The molecule has 13 heavy (non-hydrogen) atoms. The van der Waals surface area contributed by atoms with Crippen molar-refractivity contribution in [2.75, 3.05) is 13.1 Å². The number of hydrogen-bond acceptors (Lipinski definition) is 2. The Morgan fingerprint density at radius 3 is 2.85 bits per heavy atom. The van der Waals surface area contributed by atoms with Gasteiger partial charge in [0.2, 0.25) is 0 Å². The van der Waals surface area contributed by atoms with E-state index in [9.17, 15) is 4.79 Å². The molecule has 1 N–H and O–H groups in total. The highest BCUT2D eigenvalue weighted by Crippen LogP contribution is 2.20. The minimum atomic E-state index is -0.849. The molecule has 1 saturated heterocycles. The average molecular weight is 293 g/mol. The molecule has 1 aromatic rings. The third-order valence-electron chi connectivity index (χ3n) is 2.08. The first-order valence-corrected chi connectivity index (χ1v) is 4.92. The van der Waals surface area contributed by atoms with Gasteiger partial charge in [-0.25, -0.2) is 4.79 Å². The molecule has 0 unspecified atom stereocenters. The molecule has 1 aliphatic rings. The zero-order chi connectivity index (χ0) is 9.42. The normalized spacial score (nSPS) is 17.2. The lowest BCUT2D eigenvalue weighted by atomic mass is 10.1. The van der Waals surface area contributed by atoms with Crippen molar-refractivity contribution in [3.63, 3.8) is 0 Å². The van der Waals surface area contributed by atoms with Gasteiger partial charge in [0.25, 0.3) is 0 Å². The summed E-state index contributed by atoms with van der Waals surface area (Å²) in [7, 11) is 0. The summed E-state index contributed by atoms with van der Waals surface area (Å²) >= 11 is 2.18. The number of rotatable bonds is 1. The Morgan fingerprint density at radius 1 is 1.69 bits per heavy atom. The van der Waals surface area contributed by atoms with Crippen LogP contribution in [0.3, 0.4) is 0 Å². The van der Waals surface area contributed by atoms with Gasteiger partial charge in [-0.2, -0.15) is 5.10 Å². The number of carboxylic acid groups (broad SMARTS) is 1. The van der Waals surface area contributed by atoms with Gasteiger partial charge in [-0.3, -0.25) is 4.68 Å². The second-order valence-corrected chi connectivity index (χ2v) is 4.23. The molecule has 1 amide bonds. The fraction of sp³-hybridized carbons (Fsp3) is 0.429. The predicted molar refractivity (Wildman–Crippen MR) is 53.6 cm³/mol. The van der Waals surface area contributed by atoms with Crippen LogP contribution in [0.1, 0.15) is 6.04 Å². The quantitative estimate of drug-likeness (QED) is 0.787. The maximum Gasteiger partial charge on any atom is 0.407 e. The van der Waals surface area contributed by atoms with E-state index in [-0.39, 0.29) is 6.04 Å². The van der Waals surface area contributed by atoms with E-state index in [0.29, 0.717) is 13.1 Å². The molecule has 1 aromatic heterocycles. The lowest BCUT2D eigenvalue weighted by Gasteiger charge is -2.36. The molecule has 1 fully saturated rings. The first kappa shape index (κ1) is 8.79. The van der Waals surface area contributed by atoms with E-state index < -0.39 is 6.09 Å². The largest absolute Gasteiger partial charge is 0.465 e. The van der Waals surface area contributed by atoms with Gasteiger partial charge in [0.05, 0.1) is 15.8 Å². The van der Waals surface area contributed by atoms with Crippen molar-refractivity contribution in [2.24, 2.45) is 0 Å². The van der Waals surface area contributed by atoms with Crippen molar-refractivity contribution < 1.29 is 9.90 Å². The zero-order valence-electron chi connectivity index (χ0n) is 6.72. The molecule has 70 valence electrons. The molecule has 2 heterocycles. The minimum Gasteiger partial charge on any atom is -0.465 e. The lowest BCUT2D eigenvalue weighted by Crippen LogP contribution is -2.50. The molecular weight excluding hydrogens is 285 g/mol. The summed E-state index contributed by atoms with van der Waals surface area (Å²) in [6.07, 6.45) is 2.84. The monoisotopic (exact) mass is 293 g/mol. The van der Waals surface area contributed by atoms with Gasteiger partial charge in [-0.15, -0.1) is 0 Å². The van der Waals surface area contributed by atoms with Crippen molar-refractivity contribution in [3.8, 4) is 0 Å². The van der Waals surface area contributed by atoms with Crippen LogP contribution >= 0.6 is 22.6 Å². The standard InChI is InChI=1S/C7H8IN3O2/c8-5-1-9-11(2-5)6-3-10(4-6)7(12)13/h1-2,6H,3-4H2,(H,12,13). The highest BCUT2D eigenvalue weighted by Gasteiger charge is 2.31. The first-order valence-electron chi connectivity index (χ1n) is 3.84. The molecule has 0 saturated carbocycles. The third-order valence-corrected chi connectivity index (χ3v) is 2.63. The second kappa shape index (κ2) is 3.17. The molecule has 0 spiro atoms. The smallest absolute Gasteiger partial charge is 0.407 e. The Balaban J connectivity index is 1.97. The summed E-state index contributed by atoms with van der Waals surface area (Å²) in [5, 5.41) is 12.7. The molecule has 6 heteroatoms. The van der Waals surface area contributed by atoms with Crippen molar-refractivity contribution >= 4 is 28.7 Å². The van der Waals surface area contributed by atoms with Gasteiger partial charge in [0, 0.05) is 19.3 Å². The minimum absolute atomic E-state index is 0.222. The molecule has 0 atom stereocenters. The van der Waals surface area contributed by atoms with Crippen LogP contribution in [-0.4, -0.2) is 39.0 Å². The third kappa shape index (κ3) is 1.62. The number of hydrogen-bond donors (Lipinski definition) is 1. The van der Waals surface area contributed by atoms with E-state index in [0.717, 1.165) is 3.57 Å². The average Bonchev–Trinajstić information content (AvgIpc) is 2.31. The number of amides is 1. The number of aromatic nitrogens is 2. The maximum absolute atomic E-state index is 10.5. The second-order valence-electron chi connectivity index (χ2n) is 2.98. The summed E-state index contributed by atoms with van der Waals surface area (Å²) in [6, 6.07) is 0.222. The van der Waals surface area contributed by atoms with E-state index in [1.807, 2.05) is 10.9 Å². The summed E-state index contributed by atoms with van der Waals surface area (Å²) in [5.74, 6) is 0. The maximum atomic E-state index is 10.5. The van der Waals surface area contributed by atoms with Crippen LogP contribution in [-0.2, 0) is 0 Å². The Labute approximate surface area is 88.5 Å². The highest BCUT2D eigenvalue weighted by atomic mass is 127. The van der Waals surface area contributed by atoms with Gasteiger partial charge < -0.3 is 10.0 Å². The fourth-order valence-corrected chi connectivity index (χ4v) is 1.70. The van der Waals surface area contributed by atoms with Crippen LogP contribution in [0.4, 0.5) is 4.79 Å². The lowest BCUT2D eigenvalue weighted by molar-refractivity contribution is 0.0812. The van der Waals surface area contributed by atoms with E-state index in [2.05, 4.69) is 27.7 Å². The number of halogens is 1. The van der Waals surface area contributed by atoms with Crippen molar-refractivity contribution in [2.45, 2.75) is 6.04 Å². The highest BCUT2D eigenvalue weighted by molar-refractivity contribution is 14.1. The van der Waals surface area contributed by atoms with Crippen LogP contribution in [0.2, 0.25) is 0 Å². The van der Waals surface area contributed by atoms with Crippen molar-refractivity contribution in [3.05, 3.63) is 16.0 Å². The molecule has 5 nitrogen and oxygen atoms in total. The summed E-state index contributed by atoms with van der Waals surface area (Å²) in [4.78, 5) is 11.8. The van der Waals surface area contributed by atoms with Crippen molar-refractivity contribution in [1.29, 1.82) is 0 Å². The van der Waals surface area contributed by atoms with E-state index in [1.165, 1.54) is 4.90 Å². The Hall–Kier alpha value is -0.790. The molecule has 0 radical (unpaired) electrons. The van der Waals surface area contributed by atoms with Crippen LogP contribution in [0.25, 0.3) is 0 Å². The van der Waals surface area contributed by atoms with E-state index >= 15 is 0 Å². The van der Waals surface area contributed by atoms with Gasteiger partial charge in [0.1, 0.15) is 0 Å². The first-order chi connectivity index (χ1) is 6.16. The van der Waals surface area contributed by atoms with Gasteiger partial charge in [-0.1, -0.05) is 0 Å². The topological polar surface area (TPSA) is 58.4 Å². The molecule has 1 aliphatic heterocycles. The van der Waals surface area contributed by atoms with Gasteiger partial charge >= 0.3 is 6.09 Å². The number of likely N-dealkylation sites (tertiary alicyclic amines) is 1. The summed E-state index contributed by atoms with van der Waals surface area (Å²) in [5.41, 5.74) is 0. The van der Waals surface area contributed by atoms with Crippen LogP contribution in [0, 0.1) is 3.57 Å². The van der Waals surface area contributed by atoms with Crippen LogP contribution < -0.4 is 0 Å².